The van der Waals surface area contributed by atoms with Crippen molar-refractivity contribution in [3.8, 4) is 11.5 Å². The van der Waals surface area contributed by atoms with Gasteiger partial charge in [0.15, 0.2) is 0 Å². The summed E-state index contributed by atoms with van der Waals surface area (Å²) in [6.45, 7) is 5.33. The number of urea groups is 1. The van der Waals surface area contributed by atoms with E-state index in [1.165, 1.54) is 17.3 Å². The predicted molar refractivity (Wildman–Crippen MR) is 98.3 cm³/mol. The number of ether oxygens (including phenoxy) is 2. The summed E-state index contributed by atoms with van der Waals surface area (Å²) in [6, 6.07) is 12.8. The maximum Gasteiger partial charge on any atom is 0.332 e. The van der Waals surface area contributed by atoms with Crippen LogP contribution in [0.3, 0.4) is 0 Å². The fourth-order valence-electron chi connectivity index (χ4n) is 2.06. The van der Waals surface area contributed by atoms with Crippen molar-refractivity contribution in [1.82, 2.24) is 5.43 Å². The number of primary amides is 1. The summed E-state index contributed by atoms with van der Waals surface area (Å²) in [6.07, 6.45) is 2.30. The molecule has 0 bridgehead atoms. The minimum absolute atomic E-state index is 0.571. The van der Waals surface area contributed by atoms with Crippen molar-refractivity contribution < 1.29 is 14.3 Å². The van der Waals surface area contributed by atoms with E-state index in [0.717, 1.165) is 23.5 Å². The monoisotopic (exact) mass is 341 g/mol. The van der Waals surface area contributed by atoms with Gasteiger partial charge in [-0.25, -0.2) is 10.2 Å². The second kappa shape index (κ2) is 9.32. The Morgan fingerprint density at radius 3 is 2.32 bits per heavy atom. The number of carbonyl (C=O) groups is 1. The molecule has 0 aromatic heterocycles. The van der Waals surface area contributed by atoms with E-state index in [2.05, 4.69) is 30.4 Å². The molecule has 3 N–H and O–H groups in total. The number of aryl methyl sites for hydroxylation is 2. The van der Waals surface area contributed by atoms with Crippen LogP contribution in [0, 0.1) is 13.8 Å². The zero-order valence-electron chi connectivity index (χ0n) is 14.5. The number of rotatable bonds is 8. The molecule has 0 unspecified atom stereocenters. The third-order valence-electron chi connectivity index (χ3n) is 3.57. The smallest absolute Gasteiger partial charge is 0.332 e. The van der Waals surface area contributed by atoms with E-state index in [0.29, 0.717) is 13.2 Å². The summed E-state index contributed by atoms with van der Waals surface area (Å²) in [4.78, 5) is 10.5. The summed E-state index contributed by atoms with van der Waals surface area (Å²) in [7, 11) is 0. The van der Waals surface area contributed by atoms with Crippen molar-refractivity contribution in [1.29, 1.82) is 0 Å². The molecule has 2 rings (SSSR count). The highest BCUT2D eigenvalue weighted by Gasteiger charge is 1.98. The molecule has 0 atom stereocenters. The third kappa shape index (κ3) is 6.55. The van der Waals surface area contributed by atoms with Crippen LogP contribution < -0.4 is 20.6 Å². The Kier molecular flexibility index (Phi) is 6.83. The van der Waals surface area contributed by atoms with E-state index in [-0.39, 0.29) is 0 Å². The van der Waals surface area contributed by atoms with Gasteiger partial charge in [0.1, 0.15) is 11.5 Å². The van der Waals surface area contributed by atoms with Crippen LogP contribution >= 0.6 is 0 Å². The second-order valence-corrected chi connectivity index (χ2v) is 5.60. The number of nitrogens with one attached hydrogen (secondary N) is 1. The first-order valence-corrected chi connectivity index (χ1v) is 8.06. The van der Waals surface area contributed by atoms with Gasteiger partial charge >= 0.3 is 6.03 Å². The zero-order chi connectivity index (χ0) is 18.1. The van der Waals surface area contributed by atoms with Crippen molar-refractivity contribution in [3.05, 3.63) is 59.2 Å². The molecule has 0 saturated carbocycles. The molecular weight excluding hydrogens is 318 g/mol. The SMILES string of the molecule is Cc1ccc(OCCCOc2ccc(/C=N\NC(N)=O)cc2)cc1C. The van der Waals surface area contributed by atoms with E-state index < -0.39 is 6.03 Å². The standard InChI is InChI=1S/C19H23N3O3/c1-14-4-7-18(12-15(14)2)25-11-3-10-24-17-8-5-16(6-9-17)13-21-22-19(20)23/h4-9,12-13H,3,10-11H2,1-2H3,(H3,20,22,23)/b21-13-. The van der Waals surface area contributed by atoms with E-state index in [9.17, 15) is 4.79 Å². The summed E-state index contributed by atoms with van der Waals surface area (Å²) in [5, 5.41) is 3.69. The van der Waals surface area contributed by atoms with Gasteiger partial charge in [0.2, 0.25) is 0 Å². The number of hydrazone groups is 1. The molecule has 0 fully saturated rings. The average molecular weight is 341 g/mol. The highest BCUT2D eigenvalue weighted by atomic mass is 16.5. The summed E-state index contributed by atoms with van der Waals surface area (Å²) >= 11 is 0. The molecule has 0 aliphatic heterocycles. The van der Waals surface area contributed by atoms with Gasteiger partial charge < -0.3 is 15.2 Å². The molecule has 6 heteroatoms. The number of nitrogens with two attached hydrogens (primary N) is 1. The minimum atomic E-state index is -0.695. The Morgan fingerprint density at radius 2 is 1.68 bits per heavy atom. The number of hydrogen-bond acceptors (Lipinski definition) is 4. The van der Waals surface area contributed by atoms with Crippen LogP contribution in [0.1, 0.15) is 23.1 Å². The lowest BCUT2D eigenvalue weighted by molar-refractivity contribution is 0.247. The van der Waals surface area contributed by atoms with Crippen LogP contribution in [-0.4, -0.2) is 25.5 Å². The lowest BCUT2D eigenvalue weighted by Gasteiger charge is -2.09. The molecule has 0 aliphatic carbocycles. The van der Waals surface area contributed by atoms with Crippen LogP contribution in [0.15, 0.2) is 47.6 Å². The Balaban J connectivity index is 1.68. The van der Waals surface area contributed by atoms with Crippen molar-refractivity contribution in [3.63, 3.8) is 0 Å². The largest absolute Gasteiger partial charge is 0.493 e. The second-order valence-electron chi connectivity index (χ2n) is 5.60. The predicted octanol–water partition coefficient (Wildman–Crippen LogP) is 3.15. The van der Waals surface area contributed by atoms with Crippen molar-refractivity contribution >= 4 is 12.2 Å². The molecule has 2 amide bonds. The topological polar surface area (TPSA) is 85.9 Å². The van der Waals surface area contributed by atoms with Gasteiger partial charge in [0.25, 0.3) is 0 Å². The molecule has 0 aliphatic rings. The maximum atomic E-state index is 10.5. The lowest BCUT2D eigenvalue weighted by atomic mass is 10.1. The highest BCUT2D eigenvalue weighted by molar-refractivity contribution is 5.81. The molecular formula is C19H23N3O3. The molecule has 0 heterocycles. The Labute approximate surface area is 147 Å². The third-order valence-corrected chi connectivity index (χ3v) is 3.57. The zero-order valence-corrected chi connectivity index (χ0v) is 14.5. The first-order valence-electron chi connectivity index (χ1n) is 8.06. The molecule has 2 aromatic rings. The summed E-state index contributed by atoms with van der Waals surface area (Å²) < 4.78 is 11.4. The minimum Gasteiger partial charge on any atom is -0.493 e. The first kappa shape index (κ1) is 18.3. The molecule has 132 valence electrons. The van der Waals surface area contributed by atoms with Gasteiger partial charge in [-0.05, 0) is 66.9 Å². The van der Waals surface area contributed by atoms with Crippen molar-refractivity contribution in [2.24, 2.45) is 10.8 Å². The maximum absolute atomic E-state index is 10.5. The molecule has 0 saturated heterocycles. The van der Waals surface area contributed by atoms with Crippen molar-refractivity contribution in [2.75, 3.05) is 13.2 Å². The fraction of sp³-hybridized carbons (Fsp3) is 0.263. The van der Waals surface area contributed by atoms with Crippen LogP contribution in [0.2, 0.25) is 0 Å². The van der Waals surface area contributed by atoms with E-state index in [4.69, 9.17) is 15.2 Å². The van der Waals surface area contributed by atoms with E-state index in [1.54, 1.807) is 0 Å². The van der Waals surface area contributed by atoms with Gasteiger partial charge in [-0.15, -0.1) is 0 Å². The number of benzene rings is 2. The molecule has 0 spiro atoms. The Morgan fingerprint density at radius 1 is 1.04 bits per heavy atom. The van der Waals surface area contributed by atoms with Crippen LogP contribution in [0.4, 0.5) is 4.79 Å². The van der Waals surface area contributed by atoms with Crippen LogP contribution in [-0.2, 0) is 0 Å². The van der Waals surface area contributed by atoms with Gasteiger partial charge in [-0.2, -0.15) is 5.10 Å². The molecule has 2 aromatic carbocycles. The van der Waals surface area contributed by atoms with Gasteiger partial charge in [-0.3, -0.25) is 0 Å². The summed E-state index contributed by atoms with van der Waals surface area (Å²) in [5.74, 6) is 1.66. The van der Waals surface area contributed by atoms with Gasteiger partial charge in [0.05, 0.1) is 19.4 Å². The van der Waals surface area contributed by atoms with Crippen LogP contribution in [0.5, 0.6) is 11.5 Å². The average Bonchev–Trinajstić information content (AvgIpc) is 2.59. The Hall–Kier alpha value is -3.02. The number of amides is 2. The lowest BCUT2D eigenvalue weighted by Crippen LogP contribution is -2.24. The number of nitrogens with zero attached hydrogens (tertiary/aromatic N) is 1. The number of carbonyl (C=O) groups excluding carboxylic acids is 1. The highest BCUT2D eigenvalue weighted by Crippen LogP contribution is 2.16. The van der Waals surface area contributed by atoms with Crippen molar-refractivity contribution in [2.45, 2.75) is 20.3 Å². The molecule has 25 heavy (non-hydrogen) atoms. The Bertz CT molecular complexity index is 727. The summed E-state index contributed by atoms with van der Waals surface area (Å²) in [5.41, 5.74) is 10.4. The van der Waals surface area contributed by atoms with Gasteiger partial charge in [0, 0.05) is 6.42 Å². The normalized spacial score (nSPS) is 10.6. The molecule has 6 nitrogen and oxygen atoms in total. The first-order chi connectivity index (χ1) is 12.0. The number of hydrogen-bond donors (Lipinski definition) is 2. The van der Waals surface area contributed by atoms with E-state index in [1.807, 2.05) is 36.4 Å². The van der Waals surface area contributed by atoms with Crippen LogP contribution in [0.25, 0.3) is 0 Å². The van der Waals surface area contributed by atoms with E-state index >= 15 is 0 Å². The fourth-order valence-corrected chi connectivity index (χ4v) is 2.06. The molecule has 0 radical (unpaired) electrons. The quantitative estimate of drug-likeness (QED) is 0.439. The van der Waals surface area contributed by atoms with Gasteiger partial charge in [-0.1, -0.05) is 6.07 Å².